The maximum Gasteiger partial charge on any atom is 0.228 e. The number of pyridine rings is 1. The summed E-state index contributed by atoms with van der Waals surface area (Å²) < 4.78 is 0.629. The van der Waals surface area contributed by atoms with Gasteiger partial charge < -0.3 is 5.32 Å². The summed E-state index contributed by atoms with van der Waals surface area (Å²) in [5.41, 5.74) is 1.36. The Morgan fingerprint density at radius 1 is 1.32 bits per heavy atom. The third kappa shape index (κ3) is 3.93. The zero-order chi connectivity index (χ0) is 13.8. The highest BCUT2D eigenvalue weighted by molar-refractivity contribution is 9.10. The molecule has 1 N–H and O–H groups in total. The highest BCUT2D eigenvalue weighted by Gasteiger charge is 2.08. The van der Waals surface area contributed by atoms with E-state index in [2.05, 4.69) is 26.2 Å². The number of nitrogens with one attached hydrogen (secondary N) is 1. The summed E-state index contributed by atoms with van der Waals surface area (Å²) in [4.78, 5) is 15.8. The van der Waals surface area contributed by atoms with Gasteiger partial charge in [0.2, 0.25) is 5.91 Å². The molecule has 98 valence electrons. The van der Waals surface area contributed by atoms with Crippen molar-refractivity contribution in [2.24, 2.45) is 0 Å². The van der Waals surface area contributed by atoms with Gasteiger partial charge in [-0.1, -0.05) is 41.4 Å². The van der Waals surface area contributed by atoms with Gasteiger partial charge in [0.05, 0.1) is 22.8 Å². The van der Waals surface area contributed by atoms with Crippen molar-refractivity contribution in [1.82, 2.24) is 4.98 Å². The fraction of sp³-hybridized carbons (Fsp3) is 0.0769. The third-order valence-electron chi connectivity index (χ3n) is 2.39. The lowest BCUT2D eigenvalue weighted by Gasteiger charge is -2.07. The summed E-state index contributed by atoms with van der Waals surface area (Å²) in [6.45, 7) is 0. The summed E-state index contributed by atoms with van der Waals surface area (Å²) >= 11 is 15.0. The Balaban J connectivity index is 2.05. The van der Waals surface area contributed by atoms with E-state index < -0.39 is 0 Å². The van der Waals surface area contributed by atoms with Crippen LogP contribution in [-0.2, 0) is 11.2 Å². The van der Waals surface area contributed by atoms with Crippen LogP contribution >= 0.6 is 39.1 Å². The lowest BCUT2D eigenvalue weighted by Crippen LogP contribution is -2.14. The summed E-state index contributed by atoms with van der Waals surface area (Å²) in [5, 5.41) is 3.66. The van der Waals surface area contributed by atoms with E-state index in [9.17, 15) is 4.79 Å². The van der Waals surface area contributed by atoms with E-state index in [4.69, 9.17) is 23.2 Å². The number of hydrogen-bond donors (Lipinski definition) is 1. The van der Waals surface area contributed by atoms with Crippen LogP contribution < -0.4 is 5.32 Å². The molecular formula is C13H9BrCl2N2O. The van der Waals surface area contributed by atoms with Gasteiger partial charge in [-0.05, 0) is 33.6 Å². The Labute approximate surface area is 129 Å². The first-order valence-corrected chi connectivity index (χ1v) is 6.95. The zero-order valence-electron chi connectivity index (χ0n) is 9.66. The number of aromatic nitrogens is 1. The quantitative estimate of drug-likeness (QED) is 0.828. The molecule has 0 radical (unpaired) electrons. The highest BCUT2D eigenvalue weighted by atomic mass is 79.9. The fourth-order valence-electron chi connectivity index (χ4n) is 1.51. The first kappa shape index (κ1) is 14.3. The predicted octanol–water partition coefficient (Wildman–Crippen LogP) is 4.33. The molecule has 1 amide bonds. The normalized spacial score (nSPS) is 10.3. The second-order valence-corrected chi connectivity index (χ2v) is 5.43. The molecule has 0 aliphatic carbocycles. The van der Waals surface area contributed by atoms with Crippen LogP contribution in [0.5, 0.6) is 0 Å². The minimum Gasteiger partial charge on any atom is -0.324 e. The molecule has 1 aromatic heterocycles. The van der Waals surface area contributed by atoms with Crippen molar-refractivity contribution in [3.63, 3.8) is 0 Å². The number of carbonyl (C=O) groups excluding carboxylic acids is 1. The van der Waals surface area contributed by atoms with Crippen LogP contribution in [0, 0.1) is 0 Å². The molecule has 1 heterocycles. The molecule has 0 atom stereocenters. The Bertz CT molecular complexity index is 619. The summed E-state index contributed by atoms with van der Waals surface area (Å²) in [6, 6.07) is 8.93. The van der Waals surface area contributed by atoms with Gasteiger partial charge in [-0.2, -0.15) is 0 Å². The lowest BCUT2D eigenvalue weighted by molar-refractivity contribution is -0.115. The van der Waals surface area contributed by atoms with Gasteiger partial charge in [-0.3, -0.25) is 4.79 Å². The minimum atomic E-state index is -0.163. The van der Waals surface area contributed by atoms with E-state index in [0.29, 0.717) is 20.3 Å². The van der Waals surface area contributed by atoms with Crippen LogP contribution in [0.4, 0.5) is 5.69 Å². The minimum absolute atomic E-state index is 0.163. The first-order chi connectivity index (χ1) is 9.06. The molecule has 2 rings (SSSR count). The van der Waals surface area contributed by atoms with E-state index >= 15 is 0 Å². The Morgan fingerprint density at radius 3 is 2.74 bits per heavy atom. The molecular weight excluding hydrogens is 351 g/mol. The molecule has 0 aliphatic rings. The smallest absolute Gasteiger partial charge is 0.228 e. The number of nitrogens with zero attached hydrogens (tertiary/aromatic N) is 1. The van der Waals surface area contributed by atoms with Crippen molar-refractivity contribution in [2.45, 2.75) is 6.42 Å². The van der Waals surface area contributed by atoms with Crippen molar-refractivity contribution in [3.8, 4) is 0 Å². The number of benzene rings is 1. The van der Waals surface area contributed by atoms with Crippen LogP contribution in [0.25, 0.3) is 0 Å². The SMILES string of the molecule is O=C(Cc1ccccc1Cl)Nc1cnc(Cl)c(Br)c1. The van der Waals surface area contributed by atoms with E-state index in [1.54, 1.807) is 12.1 Å². The third-order valence-corrected chi connectivity index (χ3v) is 3.89. The number of halogens is 3. The van der Waals surface area contributed by atoms with Gasteiger partial charge in [0.1, 0.15) is 5.15 Å². The summed E-state index contributed by atoms with van der Waals surface area (Å²) in [6.07, 6.45) is 1.71. The maximum absolute atomic E-state index is 11.9. The molecule has 19 heavy (non-hydrogen) atoms. The van der Waals surface area contributed by atoms with Gasteiger partial charge in [-0.25, -0.2) is 4.98 Å². The highest BCUT2D eigenvalue weighted by Crippen LogP contribution is 2.23. The van der Waals surface area contributed by atoms with Crippen molar-refractivity contribution in [1.29, 1.82) is 0 Å². The largest absolute Gasteiger partial charge is 0.324 e. The molecule has 0 saturated carbocycles. The molecule has 0 saturated heterocycles. The second kappa shape index (κ2) is 6.37. The second-order valence-electron chi connectivity index (χ2n) is 3.81. The van der Waals surface area contributed by atoms with E-state index in [0.717, 1.165) is 5.56 Å². The van der Waals surface area contributed by atoms with E-state index in [1.807, 2.05) is 18.2 Å². The molecule has 2 aromatic rings. The van der Waals surface area contributed by atoms with Gasteiger partial charge in [0.25, 0.3) is 0 Å². The van der Waals surface area contributed by atoms with Crippen molar-refractivity contribution in [2.75, 3.05) is 5.32 Å². The van der Waals surface area contributed by atoms with Gasteiger partial charge in [0.15, 0.2) is 0 Å². The predicted molar refractivity (Wildman–Crippen MR) is 80.7 cm³/mol. The maximum atomic E-state index is 11.9. The average molecular weight is 360 g/mol. The fourth-order valence-corrected chi connectivity index (χ4v) is 2.16. The number of rotatable bonds is 3. The van der Waals surface area contributed by atoms with Crippen LogP contribution in [0.1, 0.15) is 5.56 Å². The molecule has 0 spiro atoms. The molecule has 0 unspecified atom stereocenters. The molecule has 6 heteroatoms. The van der Waals surface area contributed by atoms with Crippen LogP contribution in [0.2, 0.25) is 10.2 Å². The Morgan fingerprint density at radius 2 is 2.05 bits per heavy atom. The first-order valence-electron chi connectivity index (χ1n) is 5.40. The number of carbonyl (C=O) groups is 1. The van der Waals surface area contributed by atoms with Crippen LogP contribution in [-0.4, -0.2) is 10.9 Å². The van der Waals surface area contributed by atoms with E-state index in [-0.39, 0.29) is 12.3 Å². The van der Waals surface area contributed by atoms with Crippen molar-refractivity contribution in [3.05, 3.63) is 56.7 Å². The summed E-state index contributed by atoms with van der Waals surface area (Å²) in [5.74, 6) is -0.163. The molecule has 0 fully saturated rings. The van der Waals surface area contributed by atoms with Crippen molar-refractivity contribution >= 4 is 50.7 Å². The average Bonchev–Trinajstić information content (AvgIpc) is 2.37. The van der Waals surface area contributed by atoms with Gasteiger partial charge in [-0.15, -0.1) is 0 Å². The molecule has 0 bridgehead atoms. The number of amides is 1. The van der Waals surface area contributed by atoms with Crippen molar-refractivity contribution < 1.29 is 4.79 Å². The number of hydrogen-bond acceptors (Lipinski definition) is 2. The molecule has 0 aliphatic heterocycles. The summed E-state index contributed by atoms with van der Waals surface area (Å²) in [7, 11) is 0. The van der Waals surface area contributed by atoms with Crippen LogP contribution in [0.15, 0.2) is 41.0 Å². The van der Waals surface area contributed by atoms with E-state index in [1.165, 1.54) is 6.20 Å². The Hall–Kier alpha value is -1.10. The Kier molecular flexibility index (Phi) is 4.80. The number of anilines is 1. The zero-order valence-corrected chi connectivity index (χ0v) is 12.8. The van der Waals surface area contributed by atoms with Gasteiger partial charge in [0, 0.05) is 5.02 Å². The molecule has 3 nitrogen and oxygen atoms in total. The molecule has 1 aromatic carbocycles. The monoisotopic (exact) mass is 358 g/mol. The topological polar surface area (TPSA) is 42.0 Å². The van der Waals surface area contributed by atoms with Crippen LogP contribution in [0.3, 0.4) is 0 Å². The van der Waals surface area contributed by atoms with Gasteiger partial charge >= 0.3 is 0 Å². The standard InChI is InChI=1S/C13H9BrCl2N2O/c14-10-6-9(7-17-13(10)16)18-12(19)5-8-3-1-2-4-11(8)15/h1-4,6-7H,5H2,(H,18,19). The lowest BCUT2D eigenvalue weighted by atomic mass is 10.1.